The van der Waals surface area contributed by atoms with E-state index in [0.717, 1.165) is 0 Å². The molecule has 1 rings (SSSR count). The molecule has 0 aliphatic heterocycles. The highest BCUT2D eigenvalue weighted by Crippen LogP contribution is 1.82. The van der Waals surface area contributed by atoms with Gasteiger partial charge in [0, 0.05) is 12.3 Å². The average Bonchev–Trinajstić information content (AvgIpc) is 1.93. The van der Waals surface area contributed by atoms with Crippen LogP contribution in [-0.4, -0.2) is 10.8 Å². The number of hydrogen-bond acceptors (Lipinski definition) is 2. The standard InChI is InChI=1S/C8H11NO2/c1-7(2)11-9-6-4-3-5-8(9)10/h3-7H,1-2H3. The van der Waals surface area contributed by atoms with Gasteiger partial charge in [-0.15, -0.1) is 0 Å². The molecule has 3 heteroatoms. The van der Waals surface area contributed by atoms with Crippen LogP contribution in [0.25, 0.3) is 0 Å². The lowest BCUT2D eigenvalue weighted by Crippen LogP contribution is -2.29. The van der Waals surface area contributed by atoms with Crippen LogP contribution in [0.15, 0.2) is 29.2 Å². The molecule has 60 valence electrons. The number of hydrogen-bond donors (Lipinski definition) is 0. The van der Waals surface area contributed by atoms with E-state index in [1.165, 1.54) is 10.8 Å². The van der Waals surface area contributed by atoms with E-state index in [4.69, 9.17) is 4.84 Å². The summed E-state index contributed by atoms with van der Waals surface area (Å²) in [6.07, 6.45) is 1.62. The van der Waals surface area contributed by atoms with E-state index in [1.807, 2.05) is 13.8 Å². The molecule has 1 aromatic heterocycles. The lowest BCUT2D eigenvalue weighted by Gasteiger charge is -2.09. The molecule has 0 atom stereocenters. The summed E-state index contributed by atoms with van der Waals surface area (Å²) in [6, 6.07) is 4.90. The van der Waals surface area contributed by atoms with Gasteiger partial charge in [0.15, 0.2) is 0 Å². The summed E-state index contributed by atoms with van der Waals surface area (Å²) in [4.78, 5) is 16.1. The first-order chi connectivity index (χ1) is 5.20. The molecule has 0 amide bonds. The first-order valence-electron chi connectivity index (χ1n) is 3.55. The van der Waals surface area contributed by atoms with Crippen LogP contribution in [0.5, 0.6) is 0 Å². The van der Waals surface area contributed by atoms with E-state index < -0.39 is 0 Å². The van der Waals surface area contributed by atoms with E-state index in [9.17, 15) is 4.79 Å². The molecule has 0 bridgehead atoms. The van der Waals surface area contributed by atoms with Crippen molar-refractivity contribution in [1.29, 1.82) is 0 Å². The number of nitrogens with zero attached hydrogens (tertiary/aromatic N) is 1. The Morgan fingerprint density at radius 3 is 2.73 bits per heavy atom. The second kappa shape index (κ2) is 3.23. The zero-order valence-electron chi connectivity index (χ0n) is 6.65. The fraction of sp³-hybridized carbons (Fsp3) is 0.375. The maximum atomic E-state index is 11.0. The summed E-state index contributed by atoms with van der Waals surface area (Å²) in [6.45, 7) is 3.75. The molecule has 3 nitrogen and oxygen atoms in total. The molecule has 0 unspecified atom stereocenters. The maximum Gasteiger partial charge on any atom is 0.282 e. The Balaban J connectivity index is 2.87. The molecule has 0 N–H and O–H groups in total. The molecule has 0 aromatic carbocycles. The largest absolute Gasteiger partial charge is 0.408 e. The quantitative estimate of drug-likeness (QED) is 0.625. The Bertz CT molecular complexity index is 277. The van der Waals surface area contributed by atoms with Crippen molar-refractivity contribution in [2.75, 3.05) is 0 Å². The minimum absolute atomic E-state index is 0.0232. The fourth-order valence-electron chi connectivity index (χ4n) is 0.727. The topological polar surface area (TPSA) is 31.2 Å². The van der Waals surface area contributed by atoms with Crippen molar-refractivity contribution < 1.29 is 4.84 Å². The van der Waals surface area contributed by atoms with Crippen LogP contribution < -0.4 is 10.4 Å². The molecule has 1 aromatic rings. The Morgan fingerprint density at radius 2 is 2.18 bits per heavy atom. The van der Waals surface area contributed by atoms with E-state index in [0.29, 0.717) is 0 Å². The molecule has 0 saturated carbocycles. The van der Waals surface area contributed by atoms with Gasteiger partial charge in [-0.2, -0.15) is 4.73 Å². The van der Waals surface area contributed by atoms with Crippen LogP contribution >= 0.6 is 0 Å². The molecular weight excluding hydrogens is 142 g/mol. The maximum absolute atomic E-state index is 11.0. The van der Waals surface area contributed by atoms with Crippen molar-refractivity contribution in [2.45, 2.75) is 20.0 Å². The van der Waals surface area contributed by atoms with Crippen molar-refractivity contribution >= 4 is 0 Å². The van der Waals surface area contributed by atoms with E-state index >= 15 is 0 Å². The fourth-order valence-corrected chi connectivity index (χ4v) is 0.727. The van der Waals surface area contributed by atoms with E-state index in [1.54, 1.807) is 18.3 Å². The van der Waals surface area contributed by atoms with Crippen LogP contribution in [0, 0.1) is 0 Å². The second-order valence-corrected chi connectivity index (χ2v) is 2.52. The van der Waals surface area contributed by atoms with Crippen LogP contribution in [0.4, 0.5) is 0 Å². The normalized spacial score (nSPS) is 10.1. The first-order valence-corrected chi connectivity index (χ1v) is 3.55. The lowest BCUT2D eigenvalue weighted by atomic mass is 10.5. The second-order valence-electron chi connectivity index (χ2n) is 2.52. The van der Waals surface area contributed by atoms with Gasteiger partial charge in [-0.25, -0.2) is 0 Å². The van der Waals surface area contributed by atoms with Gasteiger partial charge < -0.3 is 4.84 Å². The molecule has 0 saturated heterocycles. The zero-order chi connectivity index (χ0) is 8.27. The van der Waals surface area contributed by atoms with Crippen LogP contribution in [0.2, 0.25) is 0 Å². The van der Waals surface area contributed by atoms with Gasteiger partial charge in [0.2, 0.25) is 0 Å². The smallest absolute Gasteiger partial charge is 0.282 e. The average molecular weight is 153 g/mol. The number of pyridine rings is 1. The van der Waals surface area contributed by atoms with Gasteiger partial charge in [0.05, 0.1) is 0 Å². The minimum atomic E-state index is -0.138. The summed E-state index contributed by atoms with van der Waals surface area (Å²) in [7, 11) is 0. The SMILES string of the molecule is CC(C)On1ccccc1=O. The predicted molar refractivity (Wildman–Crippen MR) is 42.4 cm³/mol. The summed E-state index contributed by atoms with van der Waals surface area (Å²) in [5, 5.41) is 0. The summed E-state index contributed by atoms with van der Waals surface area (Å²) < 4.78 is 1.23. The highest BCUT2D eigenvalue weighted by atomic mass is 16.7. The van der Waals surface area contributed by atoms with E-state index in [2.05, 4.69) is 0 Å². The monoisotopic (exact) mass is 153 g/mol. The van der Waals surface area contributed by atoms with Crippen molar-refractivity contribution in [3.05, 3.63) is 34.7 Å². The molecule has 0 radical (unpaired) electrons. The van der Waals surface area contributed by atoms with Gasteiger partial charge in [-0.3, -0.25) is 4.79 Å². The summed E-state index contributed by atoms with van der Waals surface area (Å²) in [5.74, 6) is 0. The number of aromatic nitrogens is 1. The third-order valence-corrected chi connectivity index (χ3v) is 1.11. The van der Waals surface area contributed by atoms with Gasteiger partial charge in [0.25, 0.3) is 5.56 Å². The lowest BCUT2D eigenvalue weighted by molar-refractivity contribution is 0.0528. The van der Waals surface area contributed by atoms with Crippen LogP contribution in [-0.2, 0) is 0 Å². The molecule has 1 heterocycles. The highest BCUT2D eigenvalue weighted by Gasteiger charge is 1.95. The zero-order valence-corrected chi connectivity index (χ0v) is 6.65. The molecule has 0 spiro atoms. The third-order valence-electron chi connectivity index (χ3n) is 1.11. The molecule has 0 aliphatic carbocycles. The Hall–Kier alpha value is -1.25. The number of rotatable bonds is 2. The van der Waals surface area contributed by atoms with Crippen molar-refractivity contribution in [3.8, 4) is 0 Å². The Labute approximate surface area is 65.2 Å². The Morgan fingerprint density at radius 1 is 1.45 bits per heavy atom. The van der Waals surface area contributed by atoms with Crippen molar-refractivity contribution in [3.63, 3.8) is 0 Å². The Kier molecular flexibility index (Phi) is 2.31. The molecular formula is C8H11NO2. The summed E-state index contributed by atoms with van der Waals surface area (Å²) >= 11 is 0. The van der Waals surface area contributed by atoms with Crippen LogP contribution in [0.1, 0.15) is 13.8 Å². The molecule has 11 heavy (non-hydrogen) atoms. The van der Waals surface area contributed by atoms with Gasteiger partial charge in [-0.1, -0.05) is 6.07 Å². The minimum Gasteiger partial charge on any atom is -0.408 e. The van der Waals surface area contributed by atoms with Gasteiger partial charge in [-0.05, 0) is 19.9 Å². The van der Waals surface area contributed by atoms with E-state index in [-0.39, 0.29) is 11.7 Å². The van der Waals surface area contributed by atoms with Crippen LogP contribution in [0.3, 0.4) is 0 Å². The molecule has 0 fully saturated rings. The first kappa shape index (κ1) is 7.85. The highest BCUT2D eigenvalue weighted by molar-refractivity contribution is 4.91. The van der Waals surface area contributed by atoms with Crippen molar-refractivity contribution in [1.82, 2.24) is 4.73 Å². The van der Waals surface area contributed by atoms with Gasteiger partial charge in [0.1, 0.15) is 6.10 Å². The third kappa shape index (κ3) is 2.11. The summed E-state index contributed by atoms with van der Waals surface area (Å²) in [5.41, 5.74) is -0.138. The van der Waals surface area contributed by atoms with Gasteiger partial charge >= 0.3 is 0 Å². The predicted octanol–water partition coefficient (Wildman–Crippen LogP) is 0.685. The molecule has 0 aliphatic rings. The van der Waals surface area contributed by atoms with Crippen molar-refractivity contribution in [2.24, 2.45) is 0 Å².